The number of anilines is 1. The van der Waals surface area contributed by atoms with Crippen molar-refractivity contribution in [1.29, 1.82) is 0 Å². The molecule has 112 valence electrons. The number of ether oxygens (including phenoxy) is 3. The van der Waals surface area contributed by atoms with E-state index >= 15 is 0 Å². The van der Waals surface area contributed by atoms with Crippen LogP contribution in [0.5, 0.6) is 5.88 Å². The fraction of sp³-hybridized carbons (Fsp3) is 0.714. The summed E-state index contributed by atoms with van der Waals surface area (Å²) in [5, 5.41) is 3.19. The van der Waals surface area contributed by atoms with Crippen LogP contribution in [0.4, 0.5) is 5.82 Å². The first-order chi connectivity index (χ1) is 9.81. The van der Waals surface area contributed by atoms with Gasteiger partial charge in [-0.3, -0.25) is 0 Å². The third-order valence-corrected chi connectivity index (χ3v) is 3.00. The summed E-state index contributed by atoms with van der Waals surface area (Å²) < 4.78 is 16.6. The van der Waals surface area contributed by atoms with Crippen LogP contribution in [0.2, 0.25) is 0 Å². The van der Waals surface area contributed by atoms with E-state index in [-0.39, 0.29) is 6.10 Å². The molecule has 0 spiro atoms. The smallest absolute Gasteiger partial charge is 0.219 e. The van der Waals surface area contributed by atoms with Gasteiger partial charge in [-0.05, 0) is 13.8 Å². The molecule has 1 N–H and O–H groups in total. The molecule has 0 aromatic carbocycles. The van der Waals surface area contributed by atoms with Crippen molar-refractivity contribution in [3.05, 3.63) is 11.9 Å². The number of nitrogens with one attached hydrogen (secondary N) is 1. The Balaban J connectivity index is 2.06. The first kappa shape index (κ1) is 15.0. The molecule has 1 saturated heterocycles. The summed E-state index contributed by atoms with van der Waals surface area (Å²) in [5.41, 5.74) is 0. The number of hydrogen-bond acceptors (Lipinski definition) is 6. The van der Waals surface area contributed by atoms with Gasteiger partial charge >= 0.3 is 0 Å². The normalized spacial score (nSPS) is 16.1. The Kier molecular flexibility index (Phi) is 6.01. The Bertz CT molecular complexity index is 409. The average molecular weight is 281 g/mol. The van der Waals surface area contributed by atoms with E-state index in [1.165, 1.54) is 0 Å². The van der Waals surface area contributed by atoms with E-state index in [0.717, 1.165) is 38.4 Å². The number of aromatic nitrogens is 2. The lowest BCUT2D eigenvalue weighted by Gasteiger charge is -2.23. The molecule has 0 atom stereocenters. The molecule has 1 aromatic heterocycles. The molecule has 6 heteroatoms. The van der Waals surface area contributed by atoms with Gasteiger partial charge in [0.25, 0.3) is 0 Å². The summed E-state index contributed by atoms with van der Waals surface area (Å²) in [6.45, 7) is 7.34. The molecule has 1 aliphatic heterocycles. The lowest BCUT2D eigenvalue weighted by atomic mass is 10.1. The maximum absolute atomic E-state index is 5.94. The van der Waals surface area contributed by atoms with E-state index in [1.807, 2.05) is 19.9 Å². The fourth-order valence-electron chi connectivity index (χ4n) is 2.03. The van der Waals surface area contributed by atoms with Crippen LogP contribution in [0.25, 0.3) is 0 Å². The van der Waals surface area contributed by atoms with Crippen LogP contribution in [0, 0.1) is 0 Å². The highest BCUT2D eigenvalue weighted by Crippen LogP contribution is 2.19. The molecular formula is C14H23N3O3. The molecule has 0 unspecified atom stereocenters. The third kappa shape index (κ3) is 4.61. The Morgan fingerprint density at radius 1 is 1.30 bits per heavy atom. The van der Waals surface area contributed by atoms with Crippen molar-refractivity contribution in [3.8, 4) is 5.88 Å². The predicted molar refractivity (Wildman–Crippen MR) is 76.0 cm³/mol. The summed E-state index contributed by atoms with van der Waals surface area (Å²) in [7, 11) is 0. The number of hydrogen-bond donors (Lipinski definition) is 1. The van der Waals surface area contributed by atoms with E-state index in [4.69, 9.17) is 14.2 Å². The van der Waals surface area contributed by atoms with Crippen molar-refractivity contribution in [2.75, 3.05) is 31.7 Å². The number of nitrogens with zero attached hydrogens (tertiary/aromatic N) is 2. The van der Waals surface area contributed by atoms with Gasteiger partial charge in [0.05, 0.1) is 13.2 Å². The monoisotopic (exact) mass is 281 g/mol. The molecule has 2 rings (SSSR count). The molecule has 2 heterocycles. The van der Waals surface area contributed by atoms with Crippen LogP contribution in [0.3, 0.4) is 0 Å². The standard InChI is InChI=1S/C14H23N3O3/c1-3-15-12-9-14(17-13(16-12)10-18-4-2)20-11-5-7-19-8-6-11/h9,11H,3-8,10H2,1-2H3,(H,15,16,17). The van der Waals surface area contributed by atoms with Gasteiger partial charge in [-0.15, -0.1) is 0 Å². The van der Waals surface area contributed by atoms with Crippen LogP contribution < -0.4 is 10.1 Å². The lowest BCUT2D eigenvalue weighted by Crippen LogP contribution is -2.26. The third-order valence-electron chi connectivity index (χ3n) is 3.00. The maximum atomic E-state index is 5.94. The van der Waals surface area contributed by atoms with Crippen LogP contribution in [0.15, 0.2) is 6.07 Å². The van der Waals surface area contributed by atoms with Crippen molar-refractivity contribution >= 4 is 5.82 Å². The highest BCUT2D eigenvalue weighted by molar-refractivity contribution is 5.38. The maximum Gasteiger partial charge on any atom is 0.219 e. The molecule has 1 aromatic rings. The van der Waals surface area contributed by atoms with Crippen molar-refractivity contribution in [2.45, 2.75) is 39.4 Å². The van der Waals surface area contributed by atoms with Gasteiger partial charge in [0.1, 0.15) is 18.5 Å². The molecule has 0 bridgehead atoms. The topological polar surface area (TPSA) is 65.5 Å². The Morgan fingerprint density at radius 3 is 2.80 bits per heavy atom. The van der Waals surface area contributed by atoms with Crippen LogP contribution in [-0.2, 0) is 16.1 Å². The largest absolute Gasteiger partial charge is 0.474 e. The quantitative estimate of drug-likeness (QED) is 0.824. The Morgan fingerprint density at radius 2 is 2.10 bits per heavy atom. The van der Waals surface area contributed by atoms with Crippen molar-refractivity contribution in [2.24, 2.45) is 0 Å². The van der Waals surface area contributed by atoms with Gasteiger partial charge in [0.15, 0.2) is 5.82 Å². The van der Waals surface area contributed by atoms with E-state index in [1.54, 1.807) is 0 Å². The van der Waals surface area contributed by atoms with E-state index in [9.17, 15) is 0 Å². The second kappa shape index (κ2) is 8.01. The first-order valence-electron chi connectivity index (χ1n) is 7.25. The van der Waals surface area contributed by atoms with Crippen LogP contribution in [0.1, 0.15) is 32.5 Å². The minimum atomic E-state index is 0.174. The minimum absolute atomic E-state index is 0.174. The molecule has 0 amide bonds. The second-order valence-electron chi connectivity index (χ2n) is 4.60. The van der Waals surface area contributed by atoms with Crippen molar-refractivity contribution in [3.63, 3.8) is 0 Å². The molecule has 0 radical (unpaired) electrons. The lowest BCUT2D eigenvalue weighted by molar-refractivity contribution is 0.0233. The van der Waals surface area contributed by atoms with Gasteiger partial charge in [0, 0.05) is 32.1 Å². The minimum Gasteiger partial charge on any atom is -0.474 e. The molecule has 20 heavy (non-hydrogen) atoms. The summed E-state index contributed by atoms with van der Waals surface area (Å²) in [6.07, 6.45) is 1.98. The summed E-state index contributed by atoms with van der Waals surface area (Å²) in [5.74, 6) is 2.03. The molecule has 0 saturated carbocycles. The van der Waals surface area contributed by atoms with Gasteiger partial charge in [0.2, 0.25) is 5.88 Å². The van der Waals surface area contributed by atoms with Gasteiger partial charge in [-0.2, -0.15) is 4.98 Å². The van der Waals surface area contributed by atoms with Crippen LogP contribution in [-0.4, -0.2) is 42.4 Å². The molecule has 1 fully saturated rings. The summed E-state index contributed by atoms with van der Waals surface area (Å²) in [6, 6.07) is 1.84. The SMILES string of the molecule is CCNc1cc(OC2CCOCC2)nc(COCC)n1. The van der Waals surface area contributed by atoms with E-state index in [2.05, 4.69) is 15.3 Å². The zero-order valence-electron chi connectivity index (χ0n) is 12.2. The van der Waals surface area contributed by atoms with Gasteiger partial charge in [-0.1, -0.05) is 0 Å². The second-order valence-corrected chi connectivity index (χ2v) is 4.60. The first-order valence-corrected chi connectivity index (χ1v) is 7.25. The molecule has 1 aliphatic rings. The van der Waals surface area contributed by atoms with Crippen LogP contribution >= 0.6 is 0 Å². The zero-order valence-corrected chi connectivity index (χ0v) is 12.2. The highest BCUT2D eigenvalue weighted by atomic mass is 16.5. The zero-order chi connectivity index (χ0) is 14.2. The van der Waals surface area contributed by atoms with Crippen molar-refractivity contribution < 1.29 is 14.2 Å². The number of rotatable bonds is 7. The molecule has 6 nitrogen and oxygen atoms in total. The van der Waals surface area contributed by atoms with Crippen molar-refractivity contribution in [1.82, 2.24) is 9.97 Å². The highest BCUT2D eigenvalue weighted by Gasteiger charge is 2.17. The predicted octanol–water partition coefficient (Wildman–Crippen LogP) is 2.00. The molecular weight excluding hydrogens is 258 g/mol. The fourth-order valence-corrected chi connectivity index (χ4v) is 2.03. The van der Waals surface area contributed by atoms with Gasteiger partial charge < -0.3 is 19.5 Å². The summed E-state index contributed by atoms with van der Waals surface area (Å²) >= 11 is 0. The average Bonchev–Trinajstić information content (AvgIpc) is 2.46. The summed E-state index contributed by atoms with van der Waals surface area (Å²) in [4.78, 5) is 8.81. The molecule has 0 aliphatic carbocycles. The van der Waals surface area contributed by atoms with E-state index in [0.29, 0.717) is 24.9 Å². The Labute approximate surface area is 119 Å². The van der Waals surface area contributed by atoms with E-state index < -0.39 is 0 Å². The Hall–Kier alpha value is -1.40. The van der Waals surface area contributed by atoms with Gasteiger partial charge in [-0.25, -0.2) is 4.98 Å².